The summed E-state index contributed by atoms with van der Waals surface area (Å²) >= 11 is 0. The van der Waals surface area contributed by atoms with Crippen LogP contribution in [-0.4, -0.2) is 33.0 Å². The molecule has 1 aromatic rings. The highest BCUT2D eigenvalue weighted by Crippen LogP contribution is 2.04. The molecule has 106 valence electrons. The van der Waals surface area contributed by atoms with E-state index in [0.29, 0.717) is 12.1 Å². The second-order valence-corrected chi connectivity index (χ2v) is 4.55. The number of aliphatic carboxylic acids is 1. The molecule has 0 aromatic carbocycles. The highest BCUT2D eigenvalue weighted by atomic mass is 16.4. The number of imidazole rings is 1. The fourth-order valence-electron chi connectivity index (χ4n) is 1.80. The first-order valence-corrected chi connectivity index (χ1v) is 6.63. The lowest BCUT2D eigenvalue weighted by molar-refractivity contribution is -0.141. The van der Waals surface area contributed by atoms with Gasteiger partial charge in [0.2, 0.25) is 5.91 Å². The van der Waals surface area contributed by atoms with E-state index in [1.165, 1.54) is 6.33 Å². The van der Waals surface area contributed by atoms with Crippen LogP contribution in [0.1, 0.15) is 44.7 Å². The molecule has 0 unspecified atom stereocenters. The number of hydrogen-bond acceptors (Lipinski definition) is 3. The second kappa shape index (κ2) is 8.29. The van der Waals surface area contributed by atoms with Crippen LogP contribution in [0.15, 0.2) is 12.5 Å². The van der Waals surface area contributed by atoms with Gasteiger partial charge < -0.3 is 15.4 Å². The molecule has 6 heteroatoms. The van der Waals surface area contributed by atoms with E-state index in [1.54, 1.807) is 6.20 Å². The molecule has 1 amide bonds. The van der Waals surface area contributed by atoms with Gasteiger partial charge in [0.1, 0.15) is 6.04 Å². The van der Waals surface area contributed by atoms with E-state index in [9.17, 15) is 9.59 Å². The zero-order valence-electron chi connectivity index (χ0n) is 11.2. The molecule has 6 nitrogen and oxygen atoms in total. The van der Waals surface area contributed by atoms with Gasteiger partial charge in [-0.15, -0.1) is 0 Å². The van der Waals surface area contributed by atoms with Crippen LogP contribution in [0.2, 0.25) is 0 Å². The van der Waals surface area contributed by atoms with Crippen LogP contribution in [0.4, 0.5) is 0 Å². The average Bonchev–Trinajstić information content (AvgIpc) is 2.86. The quantitative estimate of drug-likeness (QED) is 0.591. The number of carbonyl (C=O) groups excluding carboxylic acids is 1. The highest BCUT2D eigenvalue weighted by molar-refractivity contribution is 5.83. The first-order chi connectivity index (χ1) is 9.13. The van der Waals surface area contributed by atoms with E-state index in [2.05, 4.69) is 22.2 Å². The van der Waals surface area contributed by atoms with E-state index in [1.807, 2.05) is 0 Å². The summed E-state index contributed by atoms with van der Waals surface area (Å²) in [7, 11) is 0. The lowest BCUT2D eigenvalue weighted by Crippen LogP contribution is -2.42. The van der Waals surface area contributed by atoms with E-state index >= 15 is 0 Å². The molecule has 0 radical (unpaired) electrons. The van der Waals surface area contributed by atoms with Crippen LogP contribution in [0.5, 0.6) is 0 Å². The molecule has 0 spiro atoms. The van der Waals surface area contributed by atoms with Crippen LogP contribution in [0.3, 0.4) is 0 Å². The van der Waals surface area contributed by atoms with Crippen LogP contribution in [-0.2, 0) is 16.0 Å². The van der Waals surface area contributed by atoms with Crippen molar-refractivity contribution in [2.75, 3.05) is 0 Å². The Morgan fingerprint density at radius 2 is 2.21 bits per heavy atom. The Balaban J connectivity index is 2.36. The van der Waals surface area contributed by atoms with E-state index in [4.69, 9.17) is 5.11 Å². The van der Waals surface area contributed by atoms with E-state index in [-0.39, 0.29) is 12.3 Å². The third kappa shape index (κ3) is 6.03. The predicted octanol–water partition coefficient (Wildman–Crippen LogP) is 1.49. The number of carboxylic acid groups (broad SMARTS) is 1. The minimum absolute atomic E-state index is 0.206. The summed E-state index contributed by atoms with van der Waals surface area (Å²) < 4.78 is 0. The summed E-state index contributed by atoms with van der Waals surface area (Å²) in [5.74, 6) is -1.24. The Morgan fingerprint density at radius 3 is 2.79 bits per heavy atom. The Labute approximate surface area is 112 Å². The molecule has 0 fully saturated rings. The van der Waals surface area contributed by atoms with Crippen LogP contribution in [0.25, 0.3) is 0 Å². The van der Waals surface area contributed by atoms with Crippen molar-refractivity contribution in [3.05, 3.63) is 18.2 Å². The van der Waals surface area contributed by atoms with Crippen molar-refractivity contribution in [1.82, 2.24) is 15.3 Å². The van der Waals surface area contributed by atoms with Crippen molar-refractivity contribution in [2.45, 2.75) is 51.5 Å². The summed E-state index contributed by atoms with van der Waals surface area (Å²) in [6, 6.07) is -0.904. The van der Waals surface area contributed by atoms with Gasteiger partial charge in [0.15, 0.2) is 0 Å². The largest absolute Gasteiger partial charge is 0.480 e. The molecule has 0 bridgehead atoms. The first-order valence-electron chi connectivity index (χ1n) is 6.63. The minimum Gasteiger partial charge on any atom is -0.480 e. The third-order valence-electron chi connectivity index (χ3n) is 2.87. The second-order valence-electron chi connectivity index (χ2n) is 4.55. The Morgan fingerprint density at radius 1 is 1.42 bits per heavy atom. The molecule has 1 heterocycles. The predicted molar refractivity (Wildman–Crippen MR) is 70.6 cm³/mol. The van der Waals surface area contributed by atoms with Gasteiger partial charge in [-0.1, -0.05) is 26.2 Å². The number of nitrogens with one attached hydrogen (secondary N) is 2. The molecule has 1 atom stereocenters. The molecule has 1 rings (SSSR count). The van der Waals surface area contributed by atoms with Gasteiger partial charge in [-0.05, 0) is 6.42 Å². The monoisotopic (exact) mass is 267 g/mol. The summed E-state index contributed by atoms with van der Waals surface area (Å²) in [4.78, 5) is 29.4. The molecular weight excluding hydrogens is 246 g/mol. The number of carboxylic acids is 1. The summed E-state index contributed by atoms with van der Waals surface area (Å²) in [6.45, 7) is 2.10. The van der Waals surface area contributed by atoms with Crippen LogP contribution >= 0.6 is 0 Å². The molecule has 3 N–H and O–H groups in total. The van der Waals surface area contributed by atoms with Gasteiger partial charge in [-0.25, -0.2) is 9.78 Å². The Bertz CT molecular complexity index is 390. The lowest BCUT2D eigenvalue weighted by Gasteiger charge is -2.13. The van der Waals surface area contributed by atoms with Gasteiger partial charge in [0, 0.05) is 24.7 Å². The number of nitrogens with zero attached hydrogens (tertiary/aromatic N) is 1. The maximum atomic E-state index is 11.6. The molecule has 1 aromatic heterocycles. The third-order valence-corrected chi connectivity index (χ3v) is 2.87. The van der Waals surface area contributed by atoms with Crippen molar-refractivity contribution in [3.8, 4) is 0 Å². The molecule has 0 saturated heterocycles. The average molecular weight is 267 g/mol. The van der Waals surface area contributed by atoms with Crippen molar-refractivity contribution in [1.29, 1.82) is 0 Å². The number of rotatable bonds is 9. The van der Waals surface area contributed by atoms with Crippen molar-refractivity contribution in [3.63, 3.8) is 0 Å². The summed E-state index contributed by atoms with van der Waals surface area (Å²) in [6.07, 6.45) is 7.66. The maximum Gasteiger partial charge on any atom is 0.326 e. The number of amides is 1. The lowest BCUT2D eigenvalue weighted by atomic mass is 10.1. The zero-order valence-corrected chi connectivity index (χ0v) is 11.2. The summed E-state index contributed by atoms with van der Waals surface area (Å²) in [5, 5.41) is 11.6. The zero-order chi connectivity index (χ0) is 14.1. The molecular formula is C13H21N3O3. The molecule has 0 saturated carbocycles. The number of unbranched alkanes of at least 4 members (excludes halogenated alkanes) is 3. The Hall–Kier alpha value is -1.85. The fraction of sp³-hybridized carbons (Fsp3) is 0.615. The van der Waals surface area contributed by atoms with Crippen molar-refractivity contribution < 1.29 is 14.7 Å². The maximum absolute atomic E-state index is 11.6. The van der Waals surface area contributed by atoms with E-state index in [0.717, 1.165) is 25.7 Å². The normalized spacial score (nSPS) is 12.1. The number of aromatic amines is 1. The van der Waals surface area contributed by atoms with Crippen molar-refractivity contribution in [2.24, 2.45) is 0 Å². The number of hydrogen-bond donors (Lipinski definition) is 3. The van der Waals surface area contributed by atoms with Gasteiger partial charge in [-0.2, -0.15) is 0 Å². The van der Waals surface area contributed by atoms with Gasteiger partial charge in [0.05, 0.1) is 6.33 Å². The van der Waals surface area contributed by atoms with Crippen LogP contribution < -0.4 is 5.32 Å². The van der Waals surface area contributed by atoms with Crippen LogP contribution in [0, 0.1) is 0 Å². The number of carbonyl (C=O) groups is 2. The molecule has 0 aliphatic heterocycles. The molecule has 0 aliphatic rings. The first kappa shape index (κ1) is 15.2. The standard InChI is InChI=1S/C13H21N3O3/c1-2-3-4-5-6-12(17)16-11(13(18)19)7-10-8-14-9-15-10/h8-9,11H,2-7H2,1H3,(H,14,15)(H,16,17)(H,18,19)/t11-/m1/s1. The van der Waals surface area contributed by atoms with Gasteiger partial charge in [-0.3, -0.25) is 4.79 Å². The van der Waals surface area contributed by atoms with E-state index < -0.39 is 12.0 Å². The van der Waals surface area contributed by atoms with Gasteiger partial charge in [0.25, 0.3) is 0 Å². The van der Waals surface area contributed by atoms with Gasteiger partial charge >= 0.3 is 5.97 Å². The number of H-pyrrole nitrogens is 1. The van der Waals surface area contributed by atoms with Crippen molar-refractivity contribution >= 4 is 11.9 Å². The molecule has 19 heavy (non-hydrogen) atoms. The summed E-state index contributed by atoms with van der Waals surface area (Å²) in [5.41, 5.74) is 0.693. The Kier molecular flexibility index (Phi) is 6.63. The number of aromatic nitrogens is 2. The smallest absolute Gasteiger partial charge is 0.326 e. The fourth-order valence-corrected chi connectivity index (χ4v) is 1.80. The SMILES string of the molecule is CCCCCCC(=O)N[C@H](Cc1cnc[nH]1)C(=O)O. The molecule has 0 aliphatic carbocycles. The topological polar surface area (TPSA) is 95.1 Å². The highest BCUT2D eigenvalue weighted by Gasteiger charge is 2.20. The minimum atomic E-state index is -1.03.